The molecule has 2 amide bonds. The SMILES string of the molecule is CC(C)C(NC(=O)c1ccco1)C(=O)NCC(c1cccc(F)c1)N(C)C. The number of nitrogens with one attached hydrogen (secondary N) is 2. The number of rotatable bonds is 8. The molecule has 27 heavy (non-hydrogen) atoms. The lowest BCUT2D eigenvalue weighted by atomic mass is 10.0. The summed E-state index contributed by atoms with van der Waals surface area (Å²) >= 11 is 0. The van der Waals surface area contributed by atoms with Crippen LogP contribution in [0.25, 0.3) is 0 Å². The van der Waals surface area contributed by atoms with Crippen LogP contribution in [0.2, 0.25) is 0 Å². The summed E-state index contributed by atoms with van der Waals surface area (Å²) in [4.78, 5) is 26.8. The summed E-state index contributed by atoms with van der Waals surface area (Å²) in [6.45, 7) is 3.99. The molecule has 2 N–H and O–H groups in total. The summed E-state index contributed by atoms with van der Waals surface area (Å²) in [5.41, 5.74) is 0.765. The minimum atomic E-state index is -0.710. The quantitative estimate of drug-likeness (QED) is 0.744. The van der Waals surface area contributed by atoms with E-state index in [1.165, 1.54) is 24.5 Å². The zero-order valence-corrected chi connectivity index (χ0v) is 16.0. The maximum absolute atomic E-state index is 13.5. The lowest BCUT2D eigenvalue weighted by Crippen LogP contribution is -2.50. The van der Waals surface area contributed by atoms with Crippen molar-refractivity contribution in [1.82, 2.24) is 15.5 Å². The number of amides is 2. The molecule has 7 heteroatoms. The topological polar surface area (TPSA) is 74.6 Å². The normalized spacial score (nSPS) is 13.4. The van der Waals surface area contributed by atoms with Crippen molar-refractivity contribution >= 4 is 11.8 Å². The van der Waals surface area contributed by atoms with Gasteiger partial charge in [-0.05, 0) is 49.8 Å². The molecule has 1 aromatic carbocycles. The van der Waals surface area contributed by atoms with E-state index in [-0.39, 0.29) is 36.0 Å². The van der Waals surface area contributed by atoms with Crippen LogP contribution in [0.1, 0.15) is 36.0 Å². The van der Waals surface area contributed by atoms with E-state index in [4.69, 9.17) is 4.42 Å². The predicted molar refractivity (Wildman–Crippen MR) is 101 cm³/mol. The molecule has 2 rings (SSSR count). The molecular formula is C20H26FN3O3. The van der Waals surface area contributed by atoms with Gasteiger partial charge in [0.25, 0.3) is 5.91 Å². The molecule has 6 nitrogen and oxygen atoms in total. The summed E-state index contributed by atoms with van der Waals surface area (Å²) in [7, 11) is 3.72. The average Bonchev–Trinajstić information content (AvgIpc) is 3.13. The van der Waals surface area contributed by atoms with E-state index in [2.05, 4.69) is 10.6 Å². The highest BCUT2D eigenvalue weighted by Crippen LogP contribution is 2.18. The first-order valence-electron chi connectivity index (χ1n) is 8.83. The molecule has 1 aromatic heterocycles. The van der Waals surface area contributed by atoms with Crippen molar-refractivity contribution in [3.05, 3.63) is 59.8 Å². The van der Waals surface area contributed by atoms with Gasteiger partial charge < -0.3 is 20.0 Å². The molecule has 2 aromatic rings. The highest BCUT2D eigenvalue weighted by atomic mass is 19.1. The number of benzene rings is 1. The minimum Gasteiger partial charge on any atom is -0.459 e. The van der Waals surface area contributed by atoms with Crippen LogP contribution < -0.4 is 10.6 Å². The summed E-state index contributed by atoms with van der Waals surface area (Å²) in [5, 5.41) is 5.57. The fraction of sp³-hybridized carbons (Fsp3) is 0.400. The third-order valence-electron chi connectivity index (χ3n) is 4.31. The third kappa shape index (κ3) is 5.65. The molecule has 0 bridgehead atoms. The predicted octanol–water partition coefficient (Wildman–Crippen LogP) is 2.59. The second-order valence-corrected chi connectivity index (χ2v) is 6.95. The van der Waals surface area contributed by atoms with Crippen LogP contribution in [0, 0.1) is 11.7 Å². The van der Waals surface area contributed by atoms with Crippen LogP contribution in [0.4, 0.5) is 4.39 Å². The largest absolute Gasteiger partial charge is 0.459 e. The zero-order valence-electron chi connectivity index (χ0n) is 16.0. The fourth-order valence-electron chi connectivity index (χ4n) is 2.77. The first-order valence-corrected chi connectivity index (χ1v) is 8.83. The van der Waals surface area contributed by atoms with Crippen molar-refractivity contribution in [2.75, 3.05) is 20.6 Å². The average molecular weight is 375 g/mol. The summed E-state index contributed by atoms with van der Waals surface area (Å²) in [6.07, 6.45) is 1.40. The van der Waals surface area contributed by atoms with Crippen molar-refractivity contribution in [3.8, 4) is 0 Å². The highest BCUT2D eigenvalue weighted by molar-refractivity contribution is 5.95. The van der Waals surface area contributed by atoms with Crippen molar-refractivity contribution in [2.45, 2.75) is 25.9 Å². The molecule has 0 aliphatic heterocycles. The Morgan fingerprint density at radius 2 is 1.93 bits per heavy atom. The van der Waals surface area contributed by atoms with Gasteiger partial charge in [0.15, 0.2) is 5.76 Å². The van der Waals surface area contributed by atoms with Gasteiger partial charge >= 0.3 is 0 Å². The van der Waals surface area contributed by atoms with Crippen LogP contribution in [-0.4, -0.2) is 43.4 Å². The minimum absolute atomic E-state index is 0.115. The first kappa shape index (κ1) is 20.6. The van der Waals surface area contributed by atoms with E-state index in [1.54, 1.807) is 12.1 Å². The van der Waals surface area contributed by atoms with Gasteiger partial charge in [0.05, 0.1) is 12.3 Å². The number of carbonyl (C=O) groups excluding carboxylic acids is 2. The maximum atomic E-state index is 13.5. The molecule has 0 saturated carbocycles. The molecule has 2 unspecified atom stereocenters. The number of hydrogen-bond acceptors (Lipinski definition) is 4. The molecule has 0 aliphatic rings. The monoisotopic (exact) mass is 375 g/mol. The molecule has 0 radical (unpaired) electrons. The molecule has 0 spiro atoms. The fourth-order valence-corrected chi connectivity index (χ4v) is 2.77. The van der Waals surface area contributed by atoms with E-state index in [9.17, 15) is 14.0 Å². The van der Waals surface area contributed by atoms with Crippen molar-refractivity contribution in [2.24, 2.45) is 5.92 Å². The van der Waals surface area contributed by atoms with Crippen LogP contribution >= 0.6 is 0 Å². The van der Waals surface area contributed by atoms with Gasteiger partial charge in [0, 0.05) is 6.54 Å². The first-order chi connectivity index (χ1) is 12.8. The Morgan fingerprint density at radius 3 is 2.48 bits per heavy atom. The molecule has 0 saturated heterocycles. The van der Waals surface area contributed by atoms with Gasteiger partial charge in [-0.15, -0.1) is 0 Å². The van der Waals surface area contributed by atoms with Crippen LogP contribution in [0.3, 0.4) is 0 Å². The van der Waals surface area contributed by atoms with E-state index in [0.717, 1.165) is 5.56 Å². The van der Waals surface area contributed by atoms with Crippen LogP contribution in [-0.2, 0) is 4.79 Å². The van der Waals surface area contributed by atoms with Gasteiger partial charge in [-0.25, -0.2) is 4.39 Å². The Bertz CT molecular complexity index is 760. The number of carbonyl (C=O) groups is 2. The Kier molecular flexibility index (Phi) is 7.12. The van der Waals surface area contributed by atoms with Gasteiger partial charge in [-0.3, -0.25) is 9.59 Å². The molecule has 1 heterocycles. The number of likely N-dealkylation sites (N-methyl/N-ethyl adjacent to an activating group) is 1. The van der Waals surface area contributed by atoms with Crippen molar-refractivity contribution in [1.29, 1.82) is 0 Å². The lowest BCUT2D eigenvalue weighted by Gasteiger charge is -2.27. The molecule has 2 atom stereocenters. The highest BCUT2D eigenvalue weighted by Gasteiger charge is 2.26. The van der Waals surface area contributed by atoms with Gasteiger partial charge in [-0.2, -0.15) is 0 Å². The molecular weight excluding hydrogens is 349 g/mol. The number of hydrogen-bond donors (Lipinski definition) is 2. The Hall–Kier alpha value is -2.67. The lowest BCUT2D eigenvalue weighted by molar-refractivity contribution is -0.124. The van der Waals surface area contributed by atoms with Crippen LogP contribution in [0.5, 0.6) is 0 Å². The Morgan fingerprint density at radius 1 is 1.19 bits per heavy atom. The van der Waals surface area contributed by atoms with E-state index in [0.29, 0.717) is 0 Å². The second-order valence-electron chi connectivity index (χ2n) is 6.95. The number of halogens is 1. The maximum Gasteiger partial charge on any atom is 0.287 e. The summed E-state index contributed by atoms with van der Waals surface area (Å²) in [6, 6.07) is 8.54. The molecule has 146 valence electrons. The number of furan rings is 1. The van der Waals surface area contributed by atoms with E-state index < -0.39 is 11.9 Å². The van der Waals surface area contributed by atoms with Gasteiger partial charge in [0.2, 0.25) is 5.91 Å². The van der Waals surface area contributed by atoms with Crippen molar-refractivity contribution < 1.29 is 18.4 Å². The molecule has 0 fully saturated rings. The standard InChI is InChI=1S/C20H26FN3O3/c1-13(2)18(23-19(25)17-9-6-10-27-17)20(26)22-12-16(24(3)4)14-7-5-8-15(21)11-14/h5-11,13,16,18H,12H2,1-4H3,(H,22,26)(H,23,25). The summed E-state index contributed by atoms with van der Waals surface area (Å²) < 4.78 is 18.6. The third-order valence-corrected chi connectivity index (χ3v) is 4.31. The Balaban J connectivity index is 2.04. The second kappa shape index (κ2) is 9.32. The summed E-state index contributed by atoms with van der Waals surface area (Å²) in [5.74, 6) is -1.02. The van der Waals surface area contributed by atoms with Gasteiger partial charge in [0.1, 0.15) is 11.9 Å². The number of nitrogens with zero attached hydrogens (tertiary/aromatic N) is 1. The van der Waals surface area contributed by atoms with Crippen LogP contribution in [0.15, 0.2) is 47.1 Å². The molecule has 0 aliphatic carbocycles. The van der Waals surface area contributed by atoms with Crippen molar-refractivity contribution in [3.63, 3.8) is 0 Å². The van der Waals surface area contributed by atoms with E-state index in [1.807, 2.05) is 38.9 Å². The smallest absolute Gasteiger partial charge is 0.287 e. The van der Waals surface area contributed by atoms with E-state index >= 15 is 0 Å². The Labute approximate surface area is 158 Å². The van der Waals surface area contributed by atoms with Gasteiger partial charge in [-0.1, -0.05) is 26.0 Å². The zero-order chi connectivity index (χ0) is 20.0.